The molecular formula is C16H19NO5. The van der Waals surface area contributed by atoms with Crippen molar-refractivity contribution in [2.24, 2.45) is 0 Å². The molecule has 2 unspecified atom stereocenters. The van der Waals surface area contributed by atoms with Gasteiger partial charge in [-0.05, 0) is 31.4 Å². The Bertz CT molecular complexity index is 631. The number of rotatable bonds is 2. The van der Waals surface area contributed by atoms with Gasteiger partial charge in [0.15, 0.2) is 11.5 Å². The number of ether oxygens (including phenoxy) is 3. The molecule has 0 bridgehead atoms. The zero-order valence-corrected chi connectivity index (χ0v) is 12.5. The van der Waals surface area contributed by atoms with E-state index in [2.05, 4.69) is 0 Å². The topological polar surface area (TPSA) is 68.2 Å². The van der Waals surface area contributed by atoms with Gasteiger partial charge in [0.2, 0.25) is 6.79 Å². The van der Waals surface area contributed by atoms with Crippen LogP contribution in [0.3, 0.4) is 0 Å². The van der Waals surface area contributed by atoms with Gasteiger partial charge in [0.25, 0.3) is 0 Å². The van der Waals surface area contributed by atoms with Crippen LogP contribution in [0.2, 0.25) is 0 Å². The van der Waals surface area contributed by atoms with Crippen LogP contribution in [0.1, 0.15) is 25.3 Å². The van der Waals surface area contributed by atoms with E-state index in [1.807, 2.05) is 17.0 Å². The number of hydrogen-bond donors (Lipinski definition) is 1. The van der Waals surface area contributed by atoms with Gasteiger partial charge in [-0.1, -0.05) is 0 Å². The van der Waals surface area contributed by atoms with Crippen molar-refractivity contribution in [3.05, 3.63) is 17.7 Å². The Labute approximate surface area is 128 Å². The zero-order chi connectivity index (χ0) is 15.3. The van der Waals surface area contributed by atoms with E-state index in [0.717, 1.165) is 48.6 Å². The molecular weight excluding hydrogens is 286 g/mol. The summed E-state index contributed by atoms with van der Waals surface area (Å²) >= 11 is 0. The Morgan fingerprint density at radius 3 is 2.82 bits per heavy atom. The van der Waals surface area contributed by atoms with Gasteiger partial charge in [-0.3, -0.25) is 9.69 Å². The van der Waals surface area contributed by atoms with Gasteiger partial charge in [-0.15, -0.1) is 0 Å². The van der Waals surface area contributed by atoms with Crippen molar-refractivity contribution in [3.8, 4) is 17.2 Å². The Kier molecular flexibility index (Phi) is 2.97. The van der Waals surface area contributed by atoms with Crippen molar-refractivity contribution < 1.29 is 24.1 Å². The van der Waals surface area contributed by atoms with Crippen LogP contribution in [0.5, 0.6) is 17.2 Å². The van der Waals surface area contributed by atoms with E-state index in [1.165, 1.54) is 0 Å². The van der Waals surface area contributed by atoms with Gasteiger partial charge < -0.3 is 19.3 Å². The molecule has 3 aliphatic heterocycles. The summed E-state index contributed by atoms with van der Waals surface area (Å²) in [5.74, 6) is 1.58. The quantitative estimate of drug-likeness (QED) is 0.896. The van der Waals surface area contributed by atoms with Crippen molar-refractivity contribution in [2.45, 2.75) is 37.8 Å². The average Bonchev–Trinajstić information content (AvgIpc) is 3.11. The number of aryl methyl sites for hydroxylation is 1. The monoisotopic (exact) mass is 305 g/mol. The van der Waals surface area contributed by atoms with Gasteiger partial charge >= 0.3 is 5.97 Å². The van der Waals surface area contributed by atoms with Gasteiger partial charge in [-0.25, -0.2) is 0 Å². The molecule has 0 aromatic heterocycles. The predicted molar refractivity (Wildman–Crippen MR) is 77.5 cm³/mol. The lowest BCUT2D eigenvalue weighted by Crippen LogP contribution is -2.45. The maximum atomic E-state index is 11.2. The number of likely N-dealkylation sites (tertiary alicyclic amines) is 1. The summed E-state index contributed by atoms with van der Waals surface area (Å²) in [7, 11) is 0. The lowest BCUT2D eigenvalue weighted by Gasteiger charge is -2.36. The van der Waals surface area contributed by atoms with Crippen LogP contribution in [-0.2, 0) is 11.2 Å². The highest BCUT2D eigenvalue weighted by molar-refractivity contribution is 5.73. The molecule has 4 rings (SSSR count). The van der Waals surface area contributed by atoms with Crippen LogP contribution in [0.25, 0.3) is 0 Å². The molecule has 2 atom stereocenters. The third-order valence-electron chi connectivity index (χ3n) is 4.98. The minimum atomic E-state index is -0.781. The molecule has 22 heavy (non-hydrogen) atoms. The fraction of sp³-hybridized carbons (Fsp3) is 0.562. The summed E-state index contributed by atoms with van der Waals surface area (Å²) in [6.07, 6.45) is 2.68. The summed E-state index contributed by atoms with van der Waals surface area (Å²) in [5.41, 5.74) is 0.865. The van der Waals surface area contributed by atoms with Crippen molar-refractivity contribution in [1.82, 2.24) is 4.90 Å². The lowest BCUT2D eigenvalue weighted by molar-refractivity contribution is -0.142. The molecule has 1 aromatic carbocycles. The largest absolute Gasteiger partial charge is 0.485 e. The summed E-state index contributed by atoms with van der Waals surface area (Å²) in [4.78, 5) is 13.2. The van der Waals surface area contributed by atoms with E-state index in [-0.39, 0.29) is 12.4 Å². The molecule has 118 valence electrons. The standard InChI is InChI=1S/C16H19NO5/c1-10(15(18)19)17-5-4-16(8-17)3-2-11-6-13-14(21-9-20-13)7-12(11)22-16/h6-7,10H,2-5,8-9H2,1H3,(H,18,19). The van der Waals surface area contributed by atoms with E-state index in [0.29, 0.717) is 6.54 Å². The molecule has 0 radical (unpaired) electrons. The Hall–Kier alpha value is -1.95. The van der Waals surface area contributed by atoms with Crippen molar-refractivity contribution in [1.29, 1.82) is 0 Å². The van der Waals surface area contributed by atoms with Crippen LogP contribution in [0, 0.1) is 0 Å². The minimum absolute atomic E-state index is 0.257. The second-order valence-electron chi connectivity index (χ2n) is 6.33. The maximum absolute atomic E-state index is 11.2. The van der Waals surface area contributed by atoms with E-state index in [9.17, 15) is 9.90 Å². The fourth-order valence-corrected chi connectivity index (χ4v) is 3.55. The second-order valence-corrected chi connectivity index (χ2v) is 6.33. The summed E-state index contributed by atoms with van der Waals surface area (Å²) in [6, 6.07) is 3.43. The second kappa shape index (κ2) is 4.78. The van der Waals surface area contributed by atoms with E-state index < -0.39 is 12.0 Å². The normalized spacial score (nSPS) is 27.5. The molecule has 0 saturated carbocycles. The summed E-state index contributed by atoms with van der Waals surface area (Å²) < 4.78 is 17.1. The highest BCUT2D eigenvalue weighted by Crippen LogP contribution is 2.45. The number of carboxylic acid groups (broad SMARTS) is 1. The first-order valence-corrected chi connectivity index (χ1v) is 7.65. The molecule has 6 nitrogen and oxygen atoms in total. The molecule has 1 N–H and O–H groups in total. The van der Waals surface area contributed by atoms with Gasteiger partial charge in [-0.2, -0.15) is 0 Å². The number of benzene rings is 1. The van der Waals surface area contributed by atoms with Crippen molar-refractivity contribution in [2.75, 3.05) is 19.9 Å². The first kappa shape index (κ1) is 13.7. The smallest absolute Gasteiger partial charge is 0.320 e. The van der Waals surface area contributed by atoms with Crippen LogP contribution < -0.4 is 14.2 Å². The predicted octanol–water partition coefficient (Wildman–Crippen LogP) is 1.66. The van der Waals surface area contributed by atoms with E-state index >= 15 is 0 Å². The molecule has 1 fully saturated rings. The third kappa shape index (κ3) is 2.09. The van der Waals surface area contributed by atoms with E-state index in [4.69, 9.17) is 14.2 Å². The Morgan fingerprint density at radius 1 is 1.27 bits per heavy atom. The first-order valence-electron chi connectivity index (χ1n) is 7.65. The molecule has 0 aliphatic carbocycles. The molecule has 6 heteroatoms. The third-order valence-corrected chi connectivity index (χ3v) is 4.98. The molecule has 3 aliphatic rings. The first-order chi connectivity index (χ1) is 10.6. The summed E-state index contributed by atoms with van der Waals surface area (Å²) in [5, 5.41) is 9.18. The molecule has 1 aromatic rings. The highest BCUT2D eigenvalue weighted by Gasteiger charge is 2.45. The Morgan fingerprint density at radius 2 is 2.05 bits per heavy atom. The molecule has 0 amide bonds. The van der Waals surface area contributed by atoms with Crippen LogP contribution in [-0.4, -0.2) is 47.5 Å². The molecule has 1 saturated heterocycles. The van der Waals surface area contributed by atoms with Gasteiger partial charge in [0, 0.05) is 25.6 Å². The zero-order valence-electron chi connectivity index (χ0n) is 12.5. The van der Waals surface area contributed by atoms with Crippen LogP contribution >= 0.6 is 0 Å². The molecule has 3 heterocycles. The number of fused-ring (bicyclic) bond motifs is 2. The number of aliphatic carboxylic acids is 1. The number of carbonyl (C=O) groups is 1. The SMILES string of the molecule is CC(C(=O)O)N1CCC2(CCc3cc4c(cc3O2)OCO4)C1. The van der Waals surface area contributed by atoms with Crippen LogP contribution in [0.4, 0.5) is 0 Å². The van der Waals surface area contributed by atoms with Gasteiger partial charge in [0.05, 0.1) is 0 Å². The number of hydrogen-bond acceptors (Lipinski definition) is 5. The molecule has 1 spiro atoms. The number of carboxylic acids is 1. The minimum Gasteiger partial charge on any atom is -0.485 e. The van der Waals surface area contributed by atoms with Crippen molar-refractivity contribution in [3.63, 3.8) is 0 Å². The Balaban J connectivity index is 1.56. The van der Waals surface area contributed by atoms with E-state index in [1.54, 1.807) is 6.92 Å². The fourth-order valence-electron chi connectivity index (χ4n) is 3.55. The average molecular weight is 305 g/mol. The van der Waals surface area contributed by atoms with Gasteiger partial charge in [0.1, 0.15) is 17.4 Å². The highest BCUT2D eigenvalue weighted by atomic mass is 16.7. The maximum Gasteiger partial charge on any atom is 0.320 e. The number of nitrogens with zero attached hydrogens (tertiary/aromatic N) is 1. The summed E-state index contributed by atoms with van der Waals surface area (Å²) in [6.45, 7) is 3.41. The lowest BCUT2D eigenvalue weighted by atomic mass is 9.90. The van der Waals surface area contributed by atoms with Crippen LogP contribution in [0.15, 0.2) is 12.1 Å². The van der Waals surface area contributed by atoms with Crippen molar-refractivity contribution >= 4 is 5.97 Å².